The molecule has 2 aromatic rings. The van der Waals surface area contributed by atoms with E-state index in [9.17, 15) is 17.6 Å². The number of amides is 2. The van der Waals surface area contributed by atoms with E-state index in [4.69, 9.17) is 0 Å². The minimum absolute atomic E-state index is 0.128. The molecule has 1 N–H and O–H groups in total. The molecule has 2 amide bonds. The van der Waals surface area contributed by atoms with Crippen molar-refractivity contribution in [2.45, 2.75) is 31.7 Å². The molecule has 1 atom stereocenters. The van der Waals surface area contributed by atoms with Crippen molar-refractivity contribution in [2.24, 2.45) is 0 Å². The van der Waals surface area contributed by atoms with Crippen molar-refractivity contribution >= 4 is 21.7 Å². The van der Waals surface area contributed by atoms with Crippen LogP contribution in [0.15, 0.2) is 53.4 Å². The van der Waals surface area contributed by atoms with E-state index in [1.807, 2.05) is 6.92 Å². The minimum atomic E-state index is -3.61. The highest BCUT2D eigenvalue weighted by atomic mass is 32.2. The summed E-state index contributed by atoms with van der Waals surface area (Å²) in [5.41, 5.74) is 1.17. The summed E-state index contributed by atoms with van der Waals surface area (Å²) in [7, 11) is -1.99. The smallest absolute Gasteiger partial charge is 0.321 e. The Bertz CT molecular complexity index is 913. The van der Waals surface area contributed by atoms with Crippen LogP contribution in [0.25, 0.3) is 0 Å². The van der Waals surface area contributed by atoms with Gasteiger partial charge in [0.05, 0.1) is 10.9 Å². The first-order chi connectivity index (χ1) is 13.2. The Hall–Kier alpha value is -2.45. The van der Waals surface area contributed by atoms with Crippen molar-refractivity contribution in [3.63, 3.8) is 0 Å². The fraction of sp³-hybridized carbons (Fsp3) is 0.350. The standard InChI is InChI=1S/C20H26FN3O3S/c1-5-24(6-2)28(26,27)19-9-7-8-18(14-19)22-20(25)23(4)15(3)16-10-12-17(21)13-11-16/h7-15H,5-6H2,1-4H3,(H,22,25)/t15-/m1/s1. The van der Waals surface area contributed by atoms with Crippen LogP contribution in [0, 0.1) is 5.82 Å². The van der Waals surface area contributed by atoms with Gasteiger partial charge in [-0.05, 0) is 42.8 Å². The third-order valence-corrected chi connectivity index (χ3v) is 6.73. The number of benzene rings is 2. The van der Waals surface area contributed by atoms with Gasteiger partial charge in [0.1, 0.15) is 5.82 Å². The lowest BCUT2D eigenvalue weighted by molar-refractivity contribution is 0.208. The van der Waals surface area contributed by atoms with Crippen LogP contribution in [0.4, 0.5) is 14.9 Å². The first-order valence-corrected chi connectivity index (χ1v) is 10.5. The lowest BCUT2D eigenvalue weighted by Crippen LogP contribution is -2.34. The van der Waals surface area contributed by atoms with Crippen LogP contribution < -0.4 is 5.32 Å². The number of rotatable bonds is 7. The largest absolute Gasteiger partial charge is 0.322 e. The maximum absolute atomic E-state index is 13.1. The van der Waals surface area contributed by atoms with Crippen LogP contribution in [0.5, 0.6) is 0 Å². The number of urea groups is 1. The number of sulfonamides is 1. The van der Waals surface area contributed by atoms with Gasteiger partial charge in [0, 0.05) is 25.8 Å². The Morgan fingerprint density at radius 1 is 1.11 bits per heavy atom. The molecule has 0 saturated carbocycles. The van der Waals surface area contributed by atoms with Crippen LogP contribution in [-0.4, -0.2) is 43.8 Å². The van der Waals surface area contributed by atoms with Crippen LogP contribution >= 0.6 is 0 Å². The Morgan fingerprint density at radius 3 is 2.29 bits per heavy atom. The zero-order valence-corrected chi connectivity index (χ0v) is 17.3. The molecule has 0 heterocycles. The maximum Gasteiger partial charge on any atom is 0.322 e. The molecule has 0 fully saturated rings. The molecule has 2 rings (SSSR count). The maximum atomic E-state index is 13.1. The van der Waals surface area contributed by atoms with Gasteiger partial charge >= 0.3 is 6.03 Å². The first-order valence-electron chi connectivity index (χ1n) is 9.10. The van der Waals surface area contributed by atoms with Gasteiger partial charge in [0.2, 0.25) is 10.0 Å². The molecular formula is C20H26FN3O3S. The number of hydrogen-bond donors (Lipinski definition) is 1. The van der Waals surface area contributed by atoms with Crippen LogP contribution in [0.2, 0.25) is 0 Å². The van der Waals surface area contributed by atoms with E-state index >= 15 is 0 Å². The number of nitrogens with zero attached hydrogens (tertiary/aromatic N) is 2. The Morgan fingerprint density at radius 2 is 1.71 bits per heavy atom. The summed E-state index contributed by atoms with van der Waals surface area (Å²) in [5, 5.41) is 2.72. The van der Waals surface area contributed by atoms with Crippen LogP contribution in [0.1, 0.15) is 32.4 Å². The highest BCUT2D eigenvalue weighted by molar-refractivity contribution is 7.89. The second kappa shape index (κ2) is 9.16. The number of carbonyl (C=O) groups is 1. The molecule has 2 aromatic carbocycles. The average molecular weight is 408 g/mol. The van der Waals surface area contributed by atoms with Gasteiger partial charge in [0.15, 0.2) is 0 Å². The van der Waals surface area contributed by atoms with E-state index in [0.29, 0.717) is 18.8 Å². The van der Waals surface area contributed by atoms with Crippen molar-refractivity contribution in [3.05, 3.63) is 59.9 Å². The van der Waals surface area contributed by atoms with Gasteiger partial charge in [-0.1, -0.05) is 32.0 Å². The summed E-state index contributed by atoms with van der Waals surface area (Å²) < 4.78 is 39.8. The number of halogens is 1. The van der Waals surface area contributed by atoms with E-state index in [-0.39, 0.29) is 16.8 Å². The second-order valence-corrected chi connectivity index (χ2v) is 8.32. The van der Waals surface area contributed by atoms with E-state index in [2.05, 4.69) is 5.32 Å². The van der Waals surface area contributed by atoms with Crippen molar-refractivity contribution < 1.29 is 17.6 Å². The zero-order chi connectivity index (χ0) is 20.9. The van der Waals surface area contributed by atoms with Gasteiger partial charge in [-0.15, -0.1) is 0 Å². The molecule has 0 bridgehead atoms. The van der Waals surface area contributed by atoms with Gasteiger partial charge in [0.25, 0.3) is 0 Å². The van der Waals surface area contributed by atoms with Gasteiger partial charge in [-0.2, -0.15) is 4.31 Å². The lowest BCUT2D eigenvalue weighted by atomic mass is 10.1. The molecule has 28 heavy (non-hydrogen) atoms. The van der Waals surface area contributed by atoms with Crippen molar-refractivity contribution in [3.8, 4) is 0 Å². The SMILES string of the molecule is CCN(CC)S(=O)(=O)c1cccc(NC(=O)N(C)[C@H](C)c2ccc(F)cc2)c1. The fourth-order valence-electron chi connectivity index (χ4n) is 2.80. The summed E-state index contributed by atoms with van der Waals surface area (Å²) in [6.07, 6.45) is 0. The zero-order valence-electron chi connectivity index (χ0n) is 16.5. The number of carbonyl (C=O) groups excluding carboxylic acids is 1. The molecule has 6 nitrogen and oxygen atoms in total. The average Bonchev–Trinajstić information content (AvgIpc) is 2.68. The molecule has 0 aliphatic carbocycles. The van der Waals surface area contributed by atoms with Crippen molar-refractivity contribution in [1.29, 1.82) is 0 Å². The van der Waals surface area contributed by atoms with E-state index in [1.54, 1.807) is 45.2 Å². The Kier molecular flexibility index (Phi) is 7.15. The number of hydrogen-bond acceptors (Lipinski definition) is 3. The highest BCUT2D eigenvalue weighted by Gasteiger charge is 2.22. The fourth-order valence-corrected chi connectivity index (χ4v) is 4.30. The minimum Gasteiger partial charge on any atom is -0.321 e. The van der Waals surface area contributed by atoms with Crippen LogP contribution in [0.3, 0.4) is 0 Å². The molecule has 0 aliphatic heterocycles. The molecule has 0 aliphatic rings. The Balaban J connectivity index is 2.17. The molecule has 0 unspecified atom stereocenters. The lowest BCUT2D eigenvalue weighted by Gasteiger charge is -2.26. The molecule has 0 aromatic heterocycles. The number of anilines is 1. The third kappa shape index (κ3) is 4.88. The summed E-state index contributed by atoms with van der Waals surface area (Å²) >= 11 is 0. The predicted molar refractivity (Wildman–Crippen MR) is 108 cm³/mol. The predicted octanol–water partition coefficient (Wildman–Crippen LogP) is 4.08. The molecule has 8 heteroatoms. The molecule has 152 valence electrons. The number of nitrogens with one attached hydrogen (secondary N) is 1. The molecule has 0 radical (unpaired) electrons. The van der Waals surface area contributed by atoms with E-state index in [1.165, 1.54) is 33.5 Å². The monoisotopic (exact) mass is 407 g/mol. The Labute approximate surface area is 166 Å². The normalized spacial score (nSPS) is 12.6. The van der Waals surface area contributed by atoms with Gasteiger partial charge in [-0.3, -0.25) is 0 Å². The van der Waals surface area contributed by atoms with Crippen molar-refractivity contribution in [2.75, 3.05) is 25.5 Å². The summed E-state index contributed by atoms with van der Waals surface area (Å²) in [4.78, 5) is 14.2. The summed E-state index contributed by atoms with van der Waals surface area (Å²) in [6, 6.07) is 11.4. The first kappa shape index (κ1) is 21.8. The molecule has 0 spiro atoms. The van der Waals surface area contributed by atoms with Crippen LogP contribution in [-0.2, 0) is 10.0 Å². The topological polar surface area (TPSA) is 69.7 Å². The molecular weight excluding hydrogens is 381 g/mol. The quantitative estimate of drug-likeness (QED) is 0.752. The third-order valence-electron chi connectivity index (χ3n) is 4.68. The summed E-state index contributed by atoms with van der Waals surface area (Å²) in [5.74, 6) is -0.339. The summed E-state index contributed by atoms with van der Waals surface area (Å²) in [6.45, 7) is 6.12. The van der Waals surface area contributed by atoms with E-state index in [0.717, 1.165) is 5.56 Å². The van der Waals surface area contributed by atoms with Gasteiger partial charge in [-0.25, -0.2) is 17.6 Å². The molecule has 0 saturated heterocycles. The van der Waals surface area contributed by atoms with Crippen molar-refractivity contribution in [1.82, 2.24) is 9.21 Å². The van der Waals surface area contributed by atoms with Gasteiger partial charge < -0.3 is 10.2 Å². The highest BCUT2D eigenvalue weighted by Crippen LogP contribution is 2.22. The second-order valence-electron chi connectivity index (χ2n) is 6.39. The van der Waals surface area contributed by atoms with E-state index < -0.39 is 16.1 Å².